The highest BCUT2D eigenvalue weighted by atomic mass is 32.2. The summed E-state index contributed by atoms with van der Waals surface area (Å²) in [7, 11) is -3.93. The molecular formula is C25H28N2O4S. The minimum atomic E-state index is -3.93. The Morgan fingerprint density at radius 2 is 1.53 bits per heavy atom. The van der Waals surface area contributed by atoms with Crippen LogP contribution in [0.4, 0.5) is 5.69 Å². The number of amides is 1. The molecule has 0 saturated carbocycles. The SMILES string of the molecule is CCOc1ccc(S(=O)(=O)N[C@H](Cc2ccccc2)C(=O)Nc2ccc(CC)cc2)cc1. The highest BCUT2D eigenvalue weighted by Crippen LogP contribution is 2.18. The molecule has 0 heterocycles. The predicted octanol–water partition coefficient (Wildman–Crippen LogP) is 4.18. The zero-order chi connectivity index (χ0) is 23.0. The lowest BCUT2D eigenvalue weighted by molar-refractivity contribution is -0.117. The number of benzene rings is 3. The number of carbonyl (C=O) groups is 1. The summed E-state index contributed by atoms with van der Waals surface area (Å²) in [5.41, 5.74) is 2.62. The molecule has 3 rings (SSSR count). The van der Waals surface area contributed by atoms with E-state index in [1.54, 1.807) is 12.1 Å². The fraction of sp³-hybridized carbons (Fsp3) is 0.240. The highest BCUT2D eigenvalue weighted by Gasteiger charge is 2.26. The highest BCUT2D eigenvalue weighted by molar-refractivity contribution is 7.89. The van der Waals surface area contributed by atoms with Crippen LogP contribution in [-0.2, 0) is 27.7 Å². The molecule has 7 heteroatoms. The van der Waals surface area contributed by atoms with E-state index in [1.165, 1.54) is 12.1 Å². The lowest BCUT2D eigenvalue weighted by atomic mass is 10.1. The molecule has 3 aromatic rings. The van der Waals surface area contributed by atoms with Gasteiger partial charge in [-0.1, -0.05) is 49.4 Å². The Balaban J connectivity index is 1.81. The molecule has 0 saturated heterocycles. The number of hydrogen-bond acceptors (Lipinski definition) is 4. The van der Waals surface area contributed by atoms with E-state index >= 15 is 0 Å². The number of nitrogens with one attached hydrogen (secondary N) is 2. The fourth-order valence-corrected chi connectivity index (χ4v) is 4.42. The molecule has 0 aliphatic rings. The largest absolute Gasteiger partial charge is 0.494 e. The Morgan fingerprint density at radius 1 is 0.875 bits per heavy atom. The number of carbonyl (C=O) groups excluding carboxylic acids is 1. The van der Waals surface area contributed by atoms with Crippen molar-refractivity contribution in [2.75, 3.05) is 11.9 Å². The maximum Gasteiger partial charge on any atom is 0.242 e. The second-order valence-electron chi connectivity index (χ2n) is 7.31. The van der Waals surface area contributed by atoms with Gasteiger partial charge in [-0.05, 0) is 67.3 Å². The number of anilines is 1. The first-order chi connectivity index (χ1) is 15.4. The number of rotatable bonds is 10. The molecule has 0 aliphatic carbocycles. The molecule has 0 fully saturated rings. The average molecular weight is 453 g/mol. The van der Waals surface area contributed by atoms with Crippen molar-refractivity contribution in [2.45, 2.75) is 37.6 Å². The molecule has 0 spiro atoms. The van der Waals surface area contributed by atoms with E-state index in [4.69, 9.17) is 4.74 Å². The average Bonchev–Trinajstić information content (AvgIpc) is 2.80. The number of sulfonamides is 1. The molecule has 6 nitrogen and oxygen atoms in total. The molecule has 1 atom stereocenters. The van der Waals surface area contributed by atoms with E-state index in [-0.39, 0.29) is 11.3 Å². The Morgan fingerprint density at radius 3 is 2.12 bits per heavy atom. The summed E-state index contributed by atoms with van der Waals surface area (Å²) in [5.74, 6) is 0.160. The van der Waals surface area contributed by atoms with Gasteiger partial charge in [0.1, 0.15) is 11.8 Å². The zero-order valence-corrected chi connectivity index (χ0v) is 19.1. The van der Waals surface area contributed by atoms with Gasteiger partial charge in [0, 0.05) is 5.69 Å². The quantitative estimate of drug-likeness (QED) is 0.483. The Bertz CT molecular complexity index is 1110. The number of aryl methyl sites for hydroxylation is 1. The van der Waals surface area contributed by atoms with Crippen LogP contribution in [0, 0.1) is 0 Å². The standard InChI is InChI=1S/C25H28N2O4S/c1-3-19-10-12-21(13-11-19)26-25(28)24(18-20-8-6-5-7-9-20)27-32(29,30)23-16-14-22(15-17-23)31-4-2/h5-17,24,27H,3-4,18H2,1-2H3,(H,26,28)/t24-/m1/s1. The molecular weight excluding hydrogens is 424 g/mol. The molecule has 168 valence electrons. The molecule has 1 amide bonds. The van der Waals surface area contributed by atoms with Crippen LogP contribution in [0.2, 0.25) is 0 Å². The van der Waals surface area contributed by atoms with Crippen LogP contribution in [0.15, 0.2) is 83.8 Å². The van der Waals surface area contributed by atoms with Crippen molar-refractivity contribution in [2.24, 2.45) is 0 Å². The lowest BCUT2D eigenvalue weighted by Gasteiger charge is -2.19. The molecule has 3 aromatic carbocycles. The van der Waals surface area contributed by atoms with Crippen molar-refractivity contribution in [3.63, 3.8) is 0 Å². The first kappa shape index (κ1) is 23.5. The molecule has 32 heavy (non-hydrogen) atoms. The summed E-state index contributed by atoms with van der Waals surface area (Å²) in [6, 6.07) is 22.0. The maximum atomic E-state index is 13.1. The summed E-state index contributed by atoms with van der Waals surface area (Å²) in [6.07, 6.45) is 1.11. The third kappa shape index (κ3) is 6.42. The second-order valence-corrected chi connectivity index (χ2v) is 9.02. The Labute approximate surface area is 189 Å². The topological polar surface area (TPSA) is 84.5 Å². The summed E-state index contributed by atoms with van der Waals surface area (Å²) in [5, 5.41) is 2.83. The van der Waals surface area contributed by atoms with Crippen LogP contribution in [0.3, 0.4) is 0 Å². The third-order valence-corrected chi connectivity index (χ3v) is 6.46. The van der Waals surface area contributed by atoms with Gasteiger partial charge in [-0.2, -0.15) is 4.72 Å². The van der Waals surface area contributed by atoms with Crippen molar-refractivity contribution in [3.05, 3.63) is 90.0 Å². The van der Waals surface area contributed by atoms with Gasteiger partial charge in [0.05, 0.1) is 11.5 Å². The molecule has 2 N–H and O–H groups in total. The monoisotopic (exact) mass is 452 g/mol. The van der Waals surface area contributed by atoms with E-state index in [0.717, 1.165) is 17.5 Å². The normalized spacial score (nSPS) is 12.2. The summed E-state index contributed by atoms with van der Waals surface area (Å²) < 4.78 is 34.0. The van der Waals surface area contributed by atoms with Crippen LogP contribution in [0.1, 0.15) is 25.0 Å². The smallest absolute Gasteiger partial charge is 0.242 e. The minimum Gasteiger partial charge on any atom is -0.494 e. The second kappa shape index (κ2) is 10.9. The summed E-state index contributed by atoms with van der Waals surface area (Å²) in [6.45, 7) is 4.40. The first-order valence-corrected chi connectivity index (χ1v) is 12.1. The van der Waals surface area contributed by atoms with Crippen molar-refractivity contribution in [3.8, 4) is 5.75 Å². The van der Waals surface area contributed by atoms with Crippen LogP contribution in [0.25, 0.3) is 0 Å². The minimum absolute atomic E-state index is 0.0686. The van der Waals surface area contributed by atoms with Gasteiger partial charge in [0.2, 0.25) is 15.9 Å². The number of ether oxygens (including phenoxy) is 1. The van der Waals surface area contributed by atoms with Gasteiger partial charge < -0.3 is 10.1 Å². The summed E-state index contributed by atoms with van der Waals surface area (Å²) in [4.78, 5) is 13.1. The van der Waals surface area contributed by atoms with E-state index < -0.39 is 22.0 Å². The zero-order valence-electron chi connectivity index (χ0n) is 18.2. The maximum absolute atomic E-state index is 13.1. The van der Waals surface area contributed by atoms with E-state index in [0.29, 0.717) is 18.0 Å². The van der Waals surface area contributed by atoms with Gasteiger partial charge in [0.15, 0.2) is 0 Å². The van der Waals surface area contributed by atoms with Crippen LogP contribution < -0.4 is 14.8 Å². The lowest BCUT2D eigenvalue weighted by Crippen LogP contribution is -2.45. The van der Waals surface area contributed by atoms with E-state index in [1.807, 2.05) is 61.5 Å². The fourth-order valence-electron chi connectivity index (χ4n) is 3.23. The molecule has 0 radical (unpaired) electrons. The van der Waals surface area contributed by atoms with Gasteiger partial charge >= 0.3 is 0 Å². The van der Waals surface area contributed by atoms with E-state index in [9.17, 15) is 13.2 Å². The van der Waals surface area contributed by atoms with Gasteiger partial charge in [-0.25, -0.2) is 8.42 Å². The molecule has 0 aromatic heterocycles. The van der Waals surface area contributed by atoms with Crippen molar-refractivity contribution >= 4 is 21.6 Å². The van der Waals surface area contributed by atoms with E-state index in [2.05, 4.69) is 17.0 Å². The molecule has 0 unspecified atom stereocenters. The Hall–Kier alpha value is -3.16. The summed E-state index contributed by atoms with van der Waals surface area (Å²) >= 11 is 0. The van der Waals surface area contributed by atoms with Gasteiger partial charge in [-0.15, -0.1) is 0 Å². The molecule has 0 bridgehead atoms. The predicted molar refractivity (Wildman–Crippen MR) is 126 cm³/mol. The van der Waals surface area contributed by atoms with Crippen LogP contribution in [0.5, 0.6) is 5.75 Å². The van der Waals surface area contributed by atoms with Crippen LogP contribution in [-0.4, -0.2) is 27.0 Å². The van der Waals surface area contributed by atoms with Crippen LogP contribution >= 0.6 is 0 Å². The van der Waals surface area contributed by atoms with Gasteiger partial charge in [0.25, 0.3) is 0 Å². The molecule has 0 aliphatic heterocycles. The first-order valence-electron chi connectivity index (χ1n) is 10.6. The van der Waals surface area contributed by atoms with Crippen molar-refractivity contribution < 1.29 is 17.9 Å². The third-order valence-electron chi connectivity index (χ3n) is 4.97. The van der Waals surface area contributed by atoms with Crippen molar-refractivity contribution in [1.82, 2.24) is 4.72 Å². The Kier molecular flexibility index (Phi) is 8.03. The number of hydrogen-bond donors (Lipinski definition) is 2. The van der Waals surface area contributed by atoms with Gasteiger partial charge in [-0.3, -0.25) is 4.79 Å². The van der Waals surface area contributed by atoms with Crippen molar-refractivity contribution in [1.29, 1.82) is 0 Å².